The van der Waals surface area contributed by atoms with E-state index in [2.05, 4.69) is 22.0 Å². The van der Waals surface area contributed by atoms with Crippen molar-refractivity contribution in [2.45, 2.75) is 13.0 Å². The lowest BCUT2D eigenvalue weighted by Crippen LogP contribution is -2.54. The Morgan fingerprint density at radius 3 is 2.78 bits per heavy atom. The number of para-hydroxylation sites is 1. The van der Waals surface area contributed by atoms with Crippen LogP contribution in [0.25, 0.3) is 27.3 Å². The zero-order valence-electron chi connectivity index (χ0n) is 17.4. The van der Waals surface area contributed by atoms with E-state index in [4.69, 9.17) is 9.40 Å². The third-order valence-corrected chi connectivity index (χ3v) is 6.74. The summed E-state index contributed by atoms with van der Waals surface area (Å²) in [6.07, 6.45) is 1.53. The molecule has 0 bridgehead atoms. The summed E-state index contributed by atoms with van der Waals surface area (Å²) in [5, 5.41) is 12.0. The molecule has 0 aliphatic carbocycles. The molecule has 5 heterocycles. The highest BCUT2D eigenvalue weighted by Gasteiger charge is 2.31. The van der Waals surface area contributed by atoms with Gasteiger partial charge < -0.3 is 14.2 Å². The molecular formula is C23H20N6O2S. The van der Waals surface area contributed by atoms with Gasteiger partial charge in [0, 0.05) is 31.1 Å². The number of aromatic nitrogens is 4. The first kappa shape index (κ1) is 19.0. The van der Waals surface area contributed by atoms with Crippen LogP contribution in [0.5, 0.6) is 0 Å². The van der Waals surface area contributed by atoms with Crippen LogP contribution in [0.2, 0.25) is 0 Å². The minimum absolute atomic E-state index is 0.00802. The first-order chi connectivity index (χ1) is 15.7. The SMILES string of the molecule is C[C@H]1CN(c2nc3ccccc3c3nnc(-c4cccs4)n23)CCN1C(=O)c1ccco1. The Hall–Kier alpha value is -3.72. The minimum Gasteiger partial charge on any atom is -0.459 e. The standard InChI is InChI=1S/C23H20N6O2S/c1-15-14-27(10-11-28(15)22(30)18-8-4-12-31-18)23-24-17-7-3-2-6-16(17)20-25-26-21(29(20)23)19-9-5-13-32-19/h2-9,12-13,15H,10-11,14H2,1H3/t15-/m0/s1. The van der Waals surface area contributed by atoms with Gasteiger partial charge >= 0.3 is 0 Å². The van der Waals surface area contributed by atoms with E-state index in [0.717, 1.165) is 33.2 Å². The molecule has 1 fully saturated rings. The molecule has 1 aliphatic rings. The molecule has 8 nitrogen and oxygen atoms in total. The first-order valence-electron chi connectivity index (χ1n) is 10.5. The second kappa shape index (κ2) is 7.45. The third kappa shape index (κ3) is 2.96. The monoisotopic (exact) mass is 444 g/mol. The topological polar surface area (TPSA) is 79.8 Å². The van der Waals surface area contributed by atoms with Crippen molar-refractivity contribution >= 4 is 39.7 Å². The zero-order valence-corrected chi connectivity index (χ0v) is 18.2. The van der Waals surface area contributed by atoms with Crippen molar-refractivity contribution in [1.82, 2.24) is 24.5 Å². The van der Waals surface area contributed by atoms with E-state index < -0.39 is 0 Å². The number of piperazine rings is 1. The van der Waals surface area contributed by atoms with Crippen LogP contribution >= 0.6 is 11.3 Å². The van der Waals surface area contributed by atoms with Gasteiger partial charge in [-0.15, -0.1) is 21.5 Å². The molecule has 9 heteroatoms. The number of benzene rings is 1. The van der Waals surface area contributed by atoms with Crippen LogP contribution in [0, 0.1) is 0 Å². The first-order valence-corrected chi connectivity index (χ1v) is 11.4. The maximum atomic E-state index is 12.8. The van der Waals surface area contributed by atoms with E-state index >= 15 is 0 Å². The number of nitrogens with zero attached hydrogens (tertiary/aromatic N) is 6. The van der Waals surface area contributed by atoms with Crippen molar-refractivity contribution in [2.75, 3.05) is 24.5 Å². The Balaban J connectivity index is 1.43. The zero-order chi connectivity index (χ0) is 21.7. The molecule has 0 radical (unpaired) electrons. The predicted molar refractivity (Wildman–Crippen MR) is 123 cm³/mol. The molecule has 1 atom stereocenters. The van der Waals surface area contributed by atoms with Crippen molar-refractivity contribution in [1.29, 1.82) is 0 Å². The molecule has 160 valence electrons. The number of hydrogen-bond donors (Lipinski definition) is 0. The summed E-state index contributed by atoms with van der Waals surface area (Å²) in [7, 11) is 0. The second-order valence-electron chi connectivity index (χ2n) is 7.86. The predicted octanol–water partition coefficient (Wildman–Crippen LogP) is 3.95. The summed E-state index contributed by atoms with van der Waals surface area (Å²) >= 11 is 1.63. The van der Waals surface area contributed by atoms with Gasteiger partial charge in [0.15, 0.2) is 17.2 Å². The summed E-state index contributed by atoms with van der Waals surface area (Å²) in [6.45, 7) is 3.93. The summed E-state index contributed by atoms with van der Waals surface area (Å²) in [6, 6.07) is 15.5. The van der Waals surface area contributed by atoms with E-state index in [9.17, 15) is 4.79 Å². The highest BCUT2D eigenvalue weighted by Crippen LogP contribution is 2.31. The molecule has 0 spiro atoms. The van der Waals surface area contributed by atoms with Gasteiger partial charge in [0.1, 0.15) is 0 Å². The molecule has 1 amide bonds. The van der Waals surface area contributed by atoms with Crippen molar-refractivity contribution in [3.8, 4) is 10.7 Å². The molecule has 0 N–H and O–H groups in total. The average Bonchev–Trinajstić information content (AvgIpc) is 3.59. The van der Waals surface area contributed by atoms with Crippen LogP contribution in [-0.2, 0) is 0 Å². The van der Waals surface area contributed by atoms with Crippen molar-refractivity contribution in [2.24, 2.45) is 0 Å². The molecule has 32 heavy (non-hydrogen) atoms. The second-order valence-corrected chi connectivity index (χ2v) is 8.81. The summed E-state index contributed by atoms with van der Waals surface area (Å²) in [5.74, 6) is 1.87. The molecule has 4 aromatic heterocycles. The van der Waals surface area contributed by atoms with Crippen LogP contribution in [0.4, 0.5) is 5.95 Å². The van der Waals surface area contributed by atoms with Crippen LogP contribution in [0.3, 0.4) is 0 Å². The smallest absolute Gasteiger partial charge is 0.289 e. The van der Waals surface area contributed by atoms with Crippen LogP contribution < -0.4 is 4.90 Å². The Morgan fingerprint density at radius 1 is 1.09 bits per heavy atom. The van der Waals surface area contributed by atoms with Gasteiger partial charge in [-0.2, -0.15) is 0 Å². The van der Waals surface area contributed by atoms with E-state index in [0.29, 0.717) is 25.4 Å². The molecular weight excluding hydrogens is 424 g/mol. The summed E-state index contributed by atoms with van der Waals surface area (Å²) < 4.78 is 7.37. The number of rotatable bonds is 3. The number of carbonyl (C=O) groups is 1. The quantitative estimate of drug-likeness (QED) is 0.419. The maximum Gasteiger partial charge on any atom is 0.289 e. The maximum absolute atomic E-state index is 12.8. The third-order valence-electron chi connectivity index (χ3n) is 5.87. The van der Waals surface area contributed by atoms with E-state index in [-0.39, 0.29) is 11.9 Å². The van der Waals surface area contributed by atoms with Gasteiger partial charge in [-0.05, 0) is 42.6 Å². The molecule has 1 aromatic carbocycles. The fourth-order valence-corrected chi connectivity index (χ4v) is 5.02. The highest BCUT2D eigenvalue weighted by molar-refractivity contribution is 7.13. The number of fused-ring (bicyclic) bond motifs is 3. The number of thiophene rings is 1. The molecule has 6 rings (SSSR count). The Kier molecular flexibility index (Phi) is 4.43. The average molecular weight is 445 g/mol. The van der Waals surface area contributed by atoms with Crippen LogP contribution in [0.1, 0.15) is 17.5 Å². The van der Waals surface area contributed by atoms with Crippen LogP contribution in [0.15, 0.2) is 64.6 Å². The summed E-state index contributed by atoms with van der Waals surface area (Å²) in [5.41, 5.74) is 1.66. The lowest BCUT2D eigenvalue weighted by Gasteiger charge is -2.40. The minimum atomic E-state index is -0.0812. The lowest BCUT2D eigenvalue weighted by molar-refractivity contribution is 0.0640. The van der Waals surface area contributed by atoms with Gasteiger partial charge in [-0.25, -0.2) is 9.38 Å². The van der Waals surface area contributed by atoms with Crippen molar-refractivity contribution in [3.05, 3.63) is 65.9 Å². The molecule has 0 saturated carbocycles. The van der Waals surface area contributed by atoms with E-state index in [1.165, 1.54) is 6.26 Å². The Labute approximate surface area is 187 Å². The van der Waals surface area contributed by atoms with Gasteiger partial charge in [0.2, 0.25) is 5.95 Å². The Bertz CT molecular complexity index is 1410. The normalized spacial score (nSPS) is 16.8. The van der Waals surface area contributed by atoms with Crippen molar-refractivity contribution in [3.63, 3.8) is 0 Å². The van der Waals surface area contributed by atoms with E-state index in [1.54, 1.807) is 23.5 Å². The lowest BCUT2D eigenvalue weighted by atomic mass is 10.1. The number of amides is 1. The van der Waals surface area contributed by atoms with Gasteiger partial charge in [0.25, 0.3) is 5.91 Å². The number of furan rings is 1. The van der Waals surface area contributed by atoms with E-state index in [1.807, 2.05) is 51.1 Å². The largest absolute Gasteiger partial charge is 0.459 e. The van der Waals surface area contributed by atoms with Gasteiger partial charge in [0.05, 0.1) is 16.7 Å². The molecule has 5 aromatic rings. The number of anilines is 1. The van der Waals surface area contributed by atoms with Gasteiger partial charge in [-0.1, -0.05) is 18.2 Å². The molecule has 1 aliphatic heterocycles. The van der Waals surface area contributed by atoms with Crippen molar-refractivity contribution < 1.29 is 9.21 Å². The number of hydrogen-bond acceptors (Lipinski definition) is 7. The number of carbonyl (C=O) groups excluding carboxylic acids is 1. The van der Waals surface area contributed by atoms with Crippen LogP contribution in [-0.4, -0.2) is 56.1 Å². The van der Waals surface area contributed by atoms with Gasteiger partial charge in [-0.3, -0.25) is 4.79 Å². The fraction of sp³-hybridized carbons (Fsp3) is 0.217. The highest BCUT2D eigenvalue weighted by atomic mass is 32.1. The molecule has 1 saturated heterocycles. The summed E-state index contributed by atoms with van der Waals surface area (Å²) in [4.78, 5) is 23.0. The fourth-order valence-electron chi connectivity index (χ4n) is 4.33. The Morgan fingerprint density at radius 2 is 2.00 bits per heavy atom. The molecule has 0 unspecified atom stereocenters.